The quantitative estimate of drug-likeness (QED) is 0.731. The number of aromatic nitrogens is 2. The Hall–Kier alpha value is -2.63. The SMILES string of the molecule is Cc1ccc(-n2cc(C(=O)N3CCC(N)CC3)c(-c3ccccc3)n2)cc1.Cl. The van der Waals surface area contributed by atoms with Crippen molar-refractivity contribution in [3.8, 4) is 16.9 Å². The highest BCUT2D eigenvalue weighted by molar-refractivity contribution is 6.00. The highest BCUT2D eigenvalue weighted by Gasteiger charge is 2.26. The molecule has 0 aliphatic carbocycles. The molecule has 2 heterocycles. The fraction of sp³-hybridized carbons (Fsp3) is 0.273. The first-order valence-corrected chi connectivity index (χ1v) is 9.39. The Morgan fingerprint density at radius 2 is 1.68 bits per heavy atom. The number of hydrogen-bond donors (Lipinski definition) is 1. The van der Waals surface area contributed by atoms with Gasteiger partial charge < -0.3 is 10.6 Å². The Balaban J connectivity index is 0.00000225. The molecule has 5 nitrogen and oxygen atoms in total. The number of nitrogens with zero attached hydrogens (tertiary/aromatic N) is 3. The van der Waals surface area contributed by atoms with Gasteiger partial charge in [0, 0.05) is 30.9 Å². The van der Waals surface area contributed by atoms with E-state index >= 15 is 0 Å². The maximum atomic E-state index is 13.2. The van der Waals surface area contributed by atoms with E-state index in [0.29, 0.717) is 18.7 Å². The Bertz CT molecular complexity index is 929. The zero-order valence-electron chi connectivity index (χ0n) is 15.9. The Labute approximate surface area is 171 Å². The van der Waals surface area contributed by atoms with Crippen LogP contribution in [0.3, 0.4) is 0 Å². The van der Waals surface area contributed by atoms with Crippen LogP contribution in [0.25, 0.3) is 16.9 Å². The number of likely N-dealkylation sites (tertiary alicyclic amines) is 1. The van der Waals surface area contributed by atoms with Crippen molar-refractivity contribution >= 4 is 18.3 Å². The average molecular weight is 397 g/mol. The number of aryl methyl sites for hydroxylation is 1. The highest BCUT2D eigenvalue weighted by Crippen LogP contribution is 2.26. The molecule has 0 atom stereocenters. The zero-order chi connectivity index (χ0) is 18.8. The van der Waals surface area contributed by atoms with Crippen molar-refractivity contribution in [2.24, 2.45) is 5.73 Å². The van der Waals surface area contributed by atoms with E-state index in [1.165, 1.54) is 5.56 Å². The van der Waals surface area contributed by atoms with Crippen molar-refractivity contribution < 1.29 is 4.79 Å². The summed E-state index contributed by atoms with van der Waals surface area (Å²) in [6, 6.07) is 18.2. The molecular formula is C22H25ClN4O. The summed E-state index contributed by atoms with van der Waals surface area (Å²) in [7, 11) is 0. The number of halogens is 1. The molecule has 0 radical (unpaired) electrons. The van der Waals surface area contributed by atoms with Crippen molar-refractivity contribution in [1.82, 2.24) is 14.7 Å². The normalized spacial score (nSPS) is 14.6. The van der Waals surface area contributed by atoms with Crippen LogP contribution in [0.1, 0.15) is 28.8 Å². The van der Waals surface area contributed by atoms with Crippen molar-refractivity contribution in [1.29, 1.82) is 0 Å². The van der Waals surface area contributed by atoms with E-state index in [0.717, 1.165) is 29.8 Å². The molecule has 0 bridgehead atoms. The third-order valence-corrected chi connectivity index (χ3v) is 5.12. The Morgan fingerprint density at radius 1 is 1.04 bits per heavy atom. The minimum atomic E-state index is 0. The highest BCUT2D eigenvalue weighted by atomic mass is 35.5. The standard InChI is InChI=1S/C22H24N4O.ClH/c1-16-7-9-19(10-8-16)26-15-20(21(24-26)17-5-3-2-4-6-17)22(27)25-13-11-18(23)12-14-25;/h2-10,15,18H,11-14,23H2,1H3;1H. The molecule has 146 valence electrons. The van der Waals surface area contributed by atoms with Crippen LogP contribution >= 0.6 is 12.4 Å². The molecule has 3 aromatic rings. The van der Waals surface area contributed by atoms with Crippen molar-refractivity contribution in [2.75, 3.05) is 13.1 Å². The molecular weight excluding hydrogens is 372 g/mol. The summed E-state index contributed by atoms with van der Waals surface area (Å²) in [6.45, 7) is 3.45. The number of carbonyl (C=O) groups excluding carboxylic acids is 1. The van der Waals surface area contributed by atoms with Crippen LogP contribution in [-0.4, -0.2) is 39.7 Å². The number of carbonyl (C=O) groups is 1. The Morgan fingerprint density at radius 3 is 2.32 bits per heavy atom. The van der Waals surface area contributed by atoms with Gasteiger partial charge in [0.25, 0.3) is 5.91 Å². The van der Waals surface area contributed by atoms with Gasteiger partial charge in [-0.1, -0.05) is 48.0 Å². The van der Waals surface area contributed by atoms with Gasteiger partial charge in [-0.25, -0.2) is 4.68 Å². The molecule has 1 amide bonds. The largest absolute Gasteiger partial charge is 0.338 e. The second kappa shape index (κ2) is 8.59. The number of amides is 1. The topological polar surface area (TPSA) is 64.2 Å². The zero-order valence-corrected chi connectivity index (χ0v) is 16.7. The van der Waals surface area contributed by atoms with E-state index in [-0.39, 0.29) is 24.4 Å². The third kappa shape index (κ3) is 4.11. The maximum Gasteiger partial charge on any atom is 0.257 e. The summed E-state index contributed by atoms with van der Waals surface area (Å²) in [5.74, 6) is 0.0270. The number of rotatable bonds is 3. The third-order valence-electron chi connectivity index (χ3n) is 5.12. The molecule has 4 rings (SSSR count). The van der Waals surface area contributed by atoms with E-state index in [9.17, 15) is 4.79 Å². The second-order valence-electron chi connectivity index (χ2n) is 7.17. The van der Waals surface area contributed by atoms with Crippen LogP contribution in [0.5, 0.6) is 0 Å². The maximum absolute atomic E-state index is 13.2. The van der Waals surface area contributed by atoms with Crippen molar-refractivity contribution in [2.45, 2.75) is 25.8 Å². The molecule has 1 aromatic heterocycles. The molecule has 28 heavy (non-hydrogen) atoms. The van der Waals surface area contributed by atoms with Crippen LogP contribution in [0, 0.1) is 6.92 Å². The minimum absolute atomic E-state index is 0. The lowest BCUT2D eigenvalue weighted by molar-refractivity contribution is 0.0715. The number of piperidine rings is 1. The number of benzene rings is 2. The molecule has 6 heteroatoms. The summed E-state index contributed by atoms with van der Waals surface area (Å²) in [5, 5.41) is 4.76. The van der Waals surface area contributed by atoms with Gasteiger partial charge in [0.05, 0.1) is 11.3 Å². The van der Waals surface area contributed by atoms with Gasteiger partial charge in [-0.05, 0) is 31.9 Å². The first kappa shape index (κ1) is 20.1. The lowest BCUT2D eigenvalue weighted by atomic mass is 10.0. The average Bonchev–Trinajstić information content (AvgIpc) is 3.15. The van der Waals surface area contributed by atoms with E-state index < -0.39 is 0 Å². The predicted molar refractivity (Wildman–Crippen MR) is 114 cm³/mol. The van der Waals surface area contributed by atoms with E-state index in [1.807, 2.05) is 65.7 Å². The molecule has 1 saturated heterocycles. The van der Waals surface area contributed by atoms with E-state index in [1.54, 1.807) is 4.68 Å². The molecule has 1 aliphatic heterocycles. The van der Waals surface area contributed by atoms with E-state index in [4.69, 9.17) is 10.8 Å². The summed E-state index contributed by atoms with van der Waals surface area (Å²) < 4.78 is 1.80. The van der Waals surface area contributed by atoms with Gasteiger partial charge in [0.15, 0.2) is 0 Å². The molecule has 2 aromatic carbocycles. The first-order valence-electron chi connectivity index (χ1n) is 9.39. The fourth-order valence-electron chi connectivity index (χ4n) is 3.44. The lowest BCUT2D eigenvalue weighted by Gasteiger charge is -2.30. The minimum Gasteiger partial charge on any atom is -0.338 e. The fourth-order valence-corrected chi connectivity index (χ4v) is 3.44. The van der Waals surface area contributed by atoms with Gasteiger partial charge in [0.2, 0.25) is 0 Å². The van der Waals surface area contributed by atoms with Crippen LogP contribution < -0.4 is 5.73 Å². The Kier molecular flexibility index (Phi) is 6.17. The molecule has 0 saturated carbocycles. The van der Waals surface area contributed by atoms with Gasteiger partial charge >= 0.3 is 0 Å². The van der Waals surface area contributed by atoms with Crippen molar-refractivity contribution in [3.63, 3.8) is 0 Å². The van der Waals surface area contributed by atoms with Crippen LogP contribution in [0.2, 0.25) is 0 Å². The van der Waals surface area contributed by atoms with E-state index in [2.05, 4.69) is 6.92 Å². The summed E-state index contributed by atoms with van der Waals surface area (Å²) in [6.07, 6.45) is 3.54. The predicted octanol–water partition coefficient (Wildman–Crippen LogP) is 3.83. The number of nitrogens with two attached hydrogens (primary N) is 1. The molecule has 1 aliphatic rings. The van der Waals surface area contributed by atoms with Crippen LogP contribution in [-0.2, 0) is 0 Å². The second-order valence-corrected chi connectivity index (χ2v) is 7.17. The molecule has 1 fully saturated rings. The monoisotopic (exact) mass is 396 g/mol. The lowest BCUT2D eigenvalue weighted by Crippen LogP contribution is -2.42. The van der Waals surface area contributed by atoms with Gasteiger partial charge in [-0.3, -0.25) is 4.79 Å². The smallest absolute Gasteiger partial charge is 0.257 e. The van der Waals surface area contributed by atoms with Crippen LogP contribution in [0.15, 0.2) is 60.8 Å². The summed E-state index contributed by atoms with van der Waals surface area (Å²) >= 11 is 0. The van der Waals surface area contributed by atoms with Crippen molar-refractivity contribution in [3.05, 3.63) is 71.9 Å². The number of hydrogen-bond acceptors (Lipinski definition) is 3. The van der Waals surface area contributed by atoms with Gasteiger partial charge in [-0.15, -0.1) is 12.4 Å². The summed E-state index contributed by atoms with van der Waals surface area (Å²) in [5.41, 5.74) is 10.4. The molecule has 0 spiro atoms. The molecule has 2 N–H and O–H groups in total. The first-order chi connectivity index (χ1) is 13.1. The van der Waals surface area contributed by atoms with Gasteiger partial charge in [0.1, 0.15) is 5.69 Å². The van der Waals surface area contributed by atoms with Gasteiger partial charge in [-0.2, -0.15) is 5.10 Å². The molecule has 0 unspecified atom stereocenters. The summed E-state index contributed by atoms with van der Waals surface area (Å²) in [4.78, 5) is 15.1. The van der Waals surface area contributed by atoms with Crippen LogP contribution in [0.4, 0.5) is 0 Å².